The number of nitrogens with zero attached hydrogens (tertiary/aromatic N) is 1. The van der Waals surface area contributed by atoms with Gasteiger partial charge in [-0.25, -0.2) is 4.39 Å². The molecule has 0 aliphatic carbocycles. The summed E-state index contributed by atoms with van der Waals surface area (Å²) in [6.07, 6.45) is 2.67. The summed E-state index contributed by atoms with van der Waals surface area (Å²) >= 11 is 0. The Morgan fingerprint density at radius 1 is 1.23 bits per heavy atom. The molecule has 5 nitrogen and oxygen atoms in total. The van der Waals surface area contributed by atoms with Crippen LogP contribution in [0, 0.1) is 15.9 Å². The first-order chi connectivity index (χ1) is 10.6. The largest absolute Gasteiger partial charge is 0.382 e. The lowest BCUT2D eigenvalue weighted by molar-refractivity contribution is -0.385. The standard InChI is InChI=1S/C16H14FN3O2/c17-14-9-12(20(21)22)5-6-16(14)18-8-7-11-10-19-15-4-2-1-3-13(11)15/h1-6,9-10,18-19H,7-8H2. The van der Waals surface area contributed by atoms with Crippen molar-refractivity contribution in [1.29, 1.82) is 0 Å². The van der Waals surface area contributed by atoms with E-state index < -0.39 is 10.7 Å². The minimum absolute atomic E-state index is 0.250. The summed E-state index contributed by atoms with van der Waals surface area (Å²) in [6, 6.07) is 11.6. The quantitative estimate of drug-likeness (QED) is 0.555. The molecule has 0 saturated carbocycles. The second-order valence-corrected chi connectivity index (χ2v) is 4.96. The summed E-state index contributed by atoms with van der Waals surface area (Å²) in [5.41, 5.74) is 2.23. The fourth-order valence-corrected chi connectivity index (χ4v) is 2.43. The normalized spacial score (nSPS) is 10.8. The van der Waals surface area contributed by atoms with Crippen molar-refractivity contribution >= 4 is 22.3 Å². The molecule has 112 valence electrons. The zero-order valence-electron chi connectivity index (χ0n) is 11.7. The van der Waals surface area contributed by atoms with Crippen LogP contribution in [0.1, 0.15) is 5.56 Å². The molecule has 6 heteroatoms. The zero-order valence-corrected chi connectivity index (χ0v) is 11.7. The van der Waals surface area contributed by atoms with E-state index in [0.717, 1.165) is 29.0 Å². The lowest BCUT2D eigenvalue weighted by Gasteiger charge is -2.07. The Kier molecular flexibility index (Phi) is 3.74. The monoisotopic (exact) mass is 299 g/mol. The molecule has 0 radical (unpaired) electrons. The molecule has 22 heavy (non-hydrogen) atoms. The van der Waals surface area contributed by atoms with Crippen molar-refractivity contribution in [2.45, 2.75) is 6.42 Å². The SMILES string of the molecule is O=[N+]([O-])c1ccc(NCCc2c[nH]c3ccccc23)c(F)c1. The third kappa shape index (κ3) is 2.76. The number of nitrogens with one attached hydrogen (secondary N) is 2. The second-order valence-electron chi connectivity index (χ2n) is 4.96. The molecule has 0 aliphatic rings. The topological polar surface area (TPSA) is 71.0 Å². The Morgan fingerprint density at radius 2 is 2.05 bits per heavy atom. The van der Waals surface area contributed by atoms with Crippen LogP contribution in [0.3, 0.4) is 0 Å². The molecule has 0 spiro atoms. The third-order valence-electron chi connectivity index (χ3n) is 3.55. The fourth-order valence-electron chi connectivity index (χ4n) is 2.43. The van der Waals surface area contributed by atoms with Gasteiger partial charge in [0.05, 0.1) is 16.7 Å². The highest BCUT2D eigenvalue weighted by Crippen LogP contribution is 2.21. The molecule has 2 N–H and O–H groups in total. The van der Waals surface area contributed by atoms with Crippen LogP contribution in [0.25, 0.3) is 10.9 Å². The van der Waals surface area contributed by atoms with E-state index in [2.05, 4.69) is 10.3 Å². The van der Waals surface area contributed by atoms with E-state index in [1.165, 1.54) is 12.1 Å². The van der Waals surface area contributed by atoms with Crippen LogP contribution in [-0.4, -0.2) is 16.5 Å². The number of aromatic nitrogens is 1. The van der Waals surface area contributed by atoms with Gasteiger partial charge in [-0.2, -0.15) is 0 Å². The Morgan fingerprint density at radius 3 is 2.82 bits per heavy atom. The minimum Gasteiger partial charge on any atom is -0.382 e. The van der Waals surface area contributed by atoms with E-state index in [1.54, 1.807) is 0 Å². The van der Waals surface area contributed by atoms with Crippen molar-refractivity contribution in [2.75, 3.05) is 11.9 Å². The number of anilines is 1. The molecule has 1 heterocycles. The Hall–Kier alpha value is -2.89. The third-order valence-corrected chi connectivity index (χ3v) is 3.55. The summed E-state index contributed by atoms with van der Waals surface area (Å²) in [6.45, 7) is 0.538. The highest BCUT2D eigenvalue weighted by molar-refractivity contribution is 5.83. The smallest absolute Gasteiger partial charge is 0.272 e. The maximum absolute atomic E-state index is 13.8. The molecular formula is C16H14FN3O2. The van der Waals surface area contributed by atoms with Crippen molar-refractivity contribution in [2.24, 2.45) is 0 Å². The first-order valence-electron chi connectivity index (χ1n) is 6.88. The summed E-state index contributed by atoms with van der Waals surface area (Å²) in [5.74, 6) is -0.617. The second kappa shape index (κ2) is 5.85. The van der Waals surface area contributed by atoms with Gasteiger partial charge in [0.25, 0.3) is 5.69 Å². The Balaban J connectivity index is 1.67. The van der Waals surface area contributed by atoms with Crippen molar-refractivity contribution < 1.29 is 9.31 Å². The number of halogens is 1. The van der Waals surface area contributed by atoms with E-state index in [4.69, 9.17) is 0 Å². The van der Waals surface area contributed by atoms with Crippen LogP contribution in [0.4, 0.5) is 15.8 Å². The maximum atomic E-state index is 13.8. The predicted octanol–water partition coefficient (Wildman–Crippen LogP) is 3.87. The van der Waals surface area contributed by atoms with Crippen LogP contribution in [-0.2, 0) is 6.42 Å². The molecule has 0 aliphatic heterocycles. The highest BCUT2D eigenvalue weighted by atomic mass is 19.1. The van der Waals surface area contributed by atoms with Gasteiger partial charge in [0.15, 0.2) is 5.82 Å². The molecule has 2 aromatic carbocycles. The molecule has 3 rings (SSSR count). The van der Waals surface area contributed by atoms with Gasteiger partial charge in [-0.3, -0.25) is 10.1 Å². The highest BCUT2D eigenvalue weighted by Gasteiger charge is 2.10. The van der Waals surface area contributed by atoms with Gasteiger partial charge in [0, 0.05) is 29.7 Å². The first kappa shape index (κ1) is 14.1. The number of hydrogen-bond donors (Lipinski definition) is 2. The number of para-hydroxylation sites is 1. The van der Waals surface area contributed by atoms with Crippen molar-refractivity contribution in [3.8, 4) is 0 Å². The lowest BCUT2D eigenvalue weighted by Crippen LogP contribution is -2.06. The van der Waals surface area contributed by atoms with Crippen molar-refractivity contribution in [3.05, 3.63) is 70.2 Å². The van der Waals surface area contributed by atoms with Crippen LogP contribution in [0.15, 0.2) is 48.7 Å². The number of hydrogen-bond acceptors (Lipinski definition) is 3. The molecule has 0 amide bonds. The molecule has 0 saturated heterocycles. The van der Waals surface area contributed by atoms with Crippen molar-refractivity contribution in [3.63, 3.8) is 0 Å². The van der Waals surface area contributed by atoms with Gasteiger partial charge in [-0.15, -0.1) is 0 Å². The molecular weight excluding hydrogens is 285 g/mol. The molecule has 0 bridgehead atoms. The van der Waals surface area contributed by atoms with Gasteiger partial charge in [-0.05, 0) is 24.1 Å². The maximum Gasteiger partial charge on any atom is 0.272 e. The number of aromatic amines is 1. The van der Waals surface area contributed by atoms with Crippen LogP contribution in [0.2, 0.25) is 0 Å². The summed E-state index contributed by atoms with van der Waals surface area (Å²) in [7, 11) is 0. The van der Waals surface area contributed by atoms with E-state index in [0.29, 0.717) is 6.54 Å². The number of benzene rings is 2. The van der Waals surface area contributed by atoms with Gasteiger partial charge < -0.3 is 10.3 Å². The number of non-ortho nitro benzene ring substituents is 1. The van der Waals surface area contributed by atoms with Crippen molar-refractivity contribution in [1.82, 2.24) is 4.98 Å². The van der Waals surface area contributed by atoms with E-state index >= 15 is 0 Å². The van der Waals surface area contributed by atoms with Crippen LogP contribution in [0.5, 0.6) is 0 Å². The summed E-state index contributed by atoms with van der Waals surface area (Å²) in [5, 5.41) is 14.7. The van der Waals surface area contributed by atoms with Crippen LogP contribution >= 0.6 is 0 Å². The number of fused-ring (bicyclic) bond motifs is 1. The average Bonchev–Trinajstić information content (AvgIpc) is 2.92. The number of H-pyrrole nitrogens is 1. The van der Waals surface area contributed by atoms with Gasteiger partial charge in [0.2, 0.25) is 0 Å². The van der Waals surface area contributed by atoms with Gasteiger partial charge in [0.1, 0.15) is 0 Å². The lowest BCUT2D eigenvalue weighted by atomic mass is 10.1. The van der Waals surface area contributed by atoms with Crippen LogP contribution < -0.4 is 5.32 Å². The average molecular weight is 299 g/mol. The molecule has 0 atom stereocenters. The van der Waals surface area contributed by atoms with E-state index in [9.17, 15) is 14.5 Å². The zero-order chi connectivity index (χ0) is 15.5. The van der Waals surface area contributed by atoms with E-state index in [1.807, 2.05) is 30.5 Å². The number of nitro groups is 1. The summed E-state index contributed by atoms with van der Waals surface area (Å²) in [4.78, 5) is 13.2. The predicted molar refractivity (Wildman–Crippen MR) is 83.5 cm³/mol. The van der Waals surface area contributed by atoms with Gasteiger partial charge in [-0.1, -0.05) is 18.2 Å². The molecule has 3 aromatic rings. The Bertz CT molecular complexity index is 829. The van der Waals surface area contributed by atoms with Gasteiger partial charge >= 0.3 is 0 Å². The fraction of sp³-hybridized carbons (Fsp3) is 0.125. The molecule has 0 fully saturated rings. The molecule has 1 aromatic heterocycles. The van der Waals surface area contributed by atoms with E-state index in [-0.39, 0.29) is 11.4 Å². The minimum atomic E-state index is -0.617. The number of nitro benzene ring substituents is 1. The molecule has 0 unspecified atom stereocenters. The summed E-state index contributed by atoms with van der Waals surface area (Å²) < 4.78 is 13.8. The number of rotatable bonds is 5. The first-order valence-corrected chi connectivity index (χ1v) is 6.88. The Labute approximate surface area is 125 Å².